The molecule has 3 aromatic rings. The van der Waals surface area contributed by atoms with Crippen LogP contribution in [-0.4, -0.2) is 50.6 Å². The number of fused-ring (bicyclic) bond motifs is 1. The highest BCUT2D eigenvalue weighted by molar-refractivity contribution is 7.85. The molecule has 2 aliphatic heterocycles. The molecule has 2 atom stereocenters. The first-order chi connectivity index (χ1) is 18.0. The maximum Gasteiger partial charge on any atom is 0.253 e. The van der Waals surface area contributed by atoms with Gasteiger partial charge >= 0.3 is 0 Å². The predicted molar refractivity (Wildman–Crippen MR) is 146 cm³/mol. The Morgan fingerprint density at radius 2 is 2.03 bits per heavy atom. The Bertz CT molecular complexity index is 1330. The van der Waals surface area contributed by atoms with Crippen LogP contribution in [0.2, 0.25) is 0 Å². The number of benzene rings is 2. The van der Waals surface area contributed by atoms with E-state index in [9.17, 15) is 14.1 Å². The highest BCUT2D eigenvalue weighted by Crippen LogP contribution is 2.31. The van der Waals surface area contributed by atoms with Crippen LogP contribution in [0.1, 0.15) is 42.6 Å². The summed E-state index contributed by atoms with van der Waals surface area (Å²) in [6.07, 6.45) is 3.39. The molecule has 1 saturated heterocycles. The van der Waals surface area contributed by atoms with Crippen molar-refractivity contribution in [3.63, 3.8) is 0 Å². The van der Waals surface area contributed by atoms with Crippen LogP contribution in [0, 0.1) is 5.92 Å². The van der Waals surface area contributed by atoms with Crippen molar-refractivity contribution in [3.8, 4) is 22.8 Å². The van der Waals surface area contributed by atoms with Crippen molar-refractivity contribution < 1.29 is 18.8 Å². The minimum atomic E-state index is -1.60. The van der Waals surface area contributed by atoms with E-state index in [1.807, 2.05) is 24.8 Å². The molecule has 3 heterocycles. The molecule has 0 spiro atoms. The molecule has 1 fully saturated rings. The summed E-state index contributed by atoms with van der Waals surface area (Å²) in [5.41, 5.74) is 8.88. The number of phenolic OH excluding ortho intramolecular Hbond substituents is 1. The summed E-state index contributed by atoms with van der Waals surface area (Å²) in [6.45, 7) is 5.64. The summed E-state index contributed by atoms with van der Waals surface area (Å²) in [5.74, 6) is 0.930. The fourth-order valence-corrected chi connectivity index (χ4v) is 5.10. The van der Waals surface area contributed by atoms with Crippen LogP contribution in [0.15, 0.2) is 65.2 Å². The van der Waals surface area contributed by atoms with Crippen LogP contribution in [0.5, 0.6) is 11.5 Å². The summed E-state index contributed by atoms with van der Waals surface area (Å²) in [4.78, 5) is 19.4. The monoisotopic (exact) mass is 521 g/mol. The van der Waals surface area contributed by atoms with Gasteiger partial charge in [0.2, 0.25) is 11.2 Å². The SMILES string of the molecule is CC.NC1=NS(=O)Nc2cccc(OCC3CCCN(C(=O)c4ccnc(-c5ccccc5O)c4)C3)c21. The molecule has 194 valence electrons. The largest absolute Gasteiger partial charge is 0.507 e. The summed E-state index contributed by atoms with van der Waals surface area (Å²) in [5, 5.41) is 10.1. The van der Waals surface area contributed by atoms with Crippen LogP contribution in [0.25, 0.3) is 11.3 Å². The number of hydrogen-bond acceptors (Lipinski definition) is 6. The number of carbonyl (C=O) groups is 1. The van der Waals surface area contributed by atoms with Gasteiger partial charge in [-0.25, -0.2) is 4.21 Å². The number of pyridine rings is 1. The Labute approximate surface area is 219 Å². The number of carbonyl (C=O) groups excluding carboxylic acids is 1. The second-order valence-corrected chi connectivity index (χ2v) is 9.41. The third-order valence-electron chi connectivity index (χ3n) is 6.13. The second kappa shape index (κ2) is 11.9. The van der Waals surface area contributed by atoms with Crippen molar-refractivity contribution in [2.24, 2.45) is 16.0 Å². The number of nitrogens with two attached hydrogens (primary N) is 1. The fourth-order valence-electron chi connectivity index (χ4n) is 4.43. The average Bonchev–Trinajstić information content (AvgIpc) is 2.93. The molecule has 1 aromatic heterocycles. The molecule has 1 amide bonds. The van der Waals surface area contributed by atoms with Gasteiger partial charge in [-0.05, 0) is 49.2 Å². The number of nitrogens with zero attached hydrogens (tertiary/aromatic N) is 3. The lowest BCUT2D eigenvalue weighted by Crippen LogP contribution is -2.41. The van der Waals surface area contributed by atoms with Gasteiger partial charge < -0.3 is 20.5 Å². The highest BCUT2D eigenvalue weighted by Gasteiger charge is 2.27. The molecule has 37 heavy (non-hydrogen) atoms. The Hall–Kier alpha value is -3.92. The van der Waals surface area contributed by atoms with Crippen molar-refractivity contribution in [1.82, 2.24) is 9.88 Å². The van der Waals surface area contributed by atoms with E-state index in [4.69, 9.17) is 10.5 Å². The fraction of sp³-hybridized carbons (Fsp3) is 0.296. The minimum Gasteiger partial charge on any atom is -0.507 e. The summed E-state index contributed by atoms with van der Waals surface area (Å²) in [7, 11) is 0. The highest BCUT2D eigenvalue weighted by atomic mass is 32.2. The number of nitrogens with one attached hydrogen (secondary N) is 1. The Morgan fingerprint density at radius 1 is 1.22 bits per heavy atom. The zero-order valence-electron chi connectivity index (χ0n) is 20.9. The number of amides is 1. The lowest BCUT2D eigenvalue weighted by atomic mass is 9.98. The number of anilines is 1. The number of piperidine rings is 1. The quantitative estimate of drug-likeness (QED) is 0.463. The van der Waals surface area contributed by atoms with Crippen molar-refractivity contribution in [2.75, 3.05) is 24.4 Å². The smallest absolute Gasteiger partial charge is 0.253 e. The molecule has 10 heteroatoms. The molecule has 9 nitrogen and oxygen atoms in total. The maximum absolute atomic E-state index is 13.3. The van der Waals surface area contributed by atoms with Gasteiger partial charge in [0.05, 0.1) is 23.6 Å². The number of hydrogen-bond donors (Lipinski definition) is 3. The lowest BCUT2D eigenvalue weighted by molar-refractivity contribution is 0.0633. The first kappa shape index (κ1) is 26.2. The molecule has 4 N–H and O–H groups in total. The molecule has 2 aliphatic rings. The van der Waals surface area contributed by atoms with Crippen molar-refractivity contribution >= 4 is 28.6 Å². The molecule has 0 radical (unpaired) electrons. The van der Waals surface area contributed by atoms with Gasteiger partial charge in [0.15, 0.2) is 0 Å². The third kappa shape index (κ3) is 5.91. The molecule has 5 rings (SSSR count). The van der Waals surface area contributed by atoms with Crippen LogP contribution in [-0.2, 0) is 11.2 Å². The number of aromatic nitrogens is 1. The first-order valence-electron chi connectivity index (χ1n) is 12.3. The maximum atomic E-state index is 13.3. The molecular formula is C27H31N5O4S. The number of para-hydroxylation sites is 1. The zero-order valence-corrected chi connectivity index (χ0v) is 21.7. The summed E-state index contributed by atoms with van der Waals surface area (Å²) >= 11 is -1.60. The summed E-state index contributed by atoms with van der Waals surface area (Å²) < 4.78 is 24.5. The van der Waals surface area contributed by atoms with E-state index in [2.05, 4.69) is 14.1 Å². The molecule has 2 aromatic carbocycles. The van der Waals surface area contributed by atoms with Gasteiger partial charge in [0.25, 0.3) is 5.91 Å². The topological polar surface area (TPSA) is 130 Å². The number of amidine groups is 1. The molecule has 2 unspecified atom stereocenters. The number of likely N-dealkylation sites (tertiary alicyclic amines) is 1. The van der Waals surface area contributed by atoms with E-state index < -0.39 is 11.2 Å². The van der Waals surface area contributed by atoms with Gasteiger partial charge in [0.1, 0.15) is 17.3 Å². The number of aromatic hydroxyl groups is 1. The van der Waals surface area contributed by atoms with Crippen LogP contribution in [0.4, 0.5) is 5.69 Å². The minimum absolute atomic E-state index is 0.0751. The standard InChI is InChI=1S/C25H25N5O4S.C2H6/c26-24-23-19(28-35(33)29-24)7-3-9-22(23)34-15-16-5-4-12-30(14-16)25(32)17-10-11-27-20(13-17)18-6-1-2-8-21(18)31;1-2/h1-3,6-11,13,16,28,31H,4-5,12,14-15H2,(H2,26,29);1-2H3. The van der Waals surface area contributed by atoms with Crippen molar-refractivity contribution in [1.29, 1.82) is 0 Å². The van der Waals surface area contributed by atoms with E-state index in [1.54, 1.807) is 54.7 Å². The van der Waals surface area contributed by atoms with E-state index in [1.165, 1.54) is 0 Å². The van der Waals surface area contributed by atoms with Gasteiger partial charge in [-0.3, -0.25) is 14.5 Å². The van der Waals surface area contributed by atoms with Gasteiger partial charge in [0, 0.05) is 36.3 Å². The molecule has 0 bridgehead atoms. The number of rotatable bonds is 5. The predicted octanol–water partition coefficient (Wildman–Crippen LogP) is 4.12. The van der Waals surface area contributed by atoms with Crippen LogP contribution >= 0.6 is 0 Å². The molecular weight excluding hydrogens is 490 g/mol. The van der Waals surface area contributed by atoms with Crippen LogP contribution < -0.4 is 15.2 Å². The normalized spacial score (nSPS) is 18.4. The second-order valence-electron chi connectivity index (χ2n) is 8.52. The lowest BCUT2D eigenvalue weighted by Gasteiger charge is -2.33. The van der Waals surface area contributed by atoms with E-state index in [0.29, 0.717) is 53.5 Å². The Morgan fingerprint density at radius 3 is 2.84 bits per heavy atom. The van der Waals surface area contributed by atoms with Gasteiger partial charge in [-0.2, -0.15) is 4.40 Å². The average molecular weight is 522 g/mol. The Balaban J connectivity index is 0.00000156. The van der Waals surface area contributed by atoms with E-state index in [-0.39, 0.29) is 23.4 Å². The van der Waals surface area contributed by atoms with E-state index >= 15 is 0 Å². The molecule has 0 aliphatic carbocycles. The third-order valence-corrected chi connectivity index (χ3v) is 6.89. The van der Waals surface area contributed by atoms with Crippen molar-refractivity contribution in [2.45, 2.75) is 26.7 Å². The first-order valence-corrected chi connectivity index (χ1v) is 13.4. The van der Waals surface area contributed by atoms with Gasteiger partial charge in [-0.15, -0.1) is 0 Å². The van der Waals surface area contributed by atoms with Gasteiger partial charge in [-0.1, -0.05) is 32.0 Å². The van der Waals surface area contributed by atoms with E-state index in [0.717, 1.165) is 12.8 Å². The number of ether oxygens (including phenoxy) is 1. The zero-order chi connectivity index (χ0) is 26.4. The van der Waals surface area contributed by atoms with Crippen molar-refractivity contribution in [3.05, 3.63) is 71.9 Å². The summed E-state index contributed by atoms with van der Waals surface area (Å²) in [6, 6.07) is 15.7. The number of phenols is 1. The Kier molecular flexibility index (Phi) is 8.39. The molecule has 0 saturated carbocycles. The van der Waals surface area contributed by atoms with Crippen LogP contribution in [0.3, 0.4) is 0 Å².